The van der Waals surface area contributed by atoms with E-state index in [-0.39, 0.29) is 6.04 Å². The van der Waals surface area contributed by atoms with Crippen LogP contribution in [0, 0.1) is 0 Å². The Kier molecular flexibility index (Phi) is 5.06. The molecule has 0 aliphatic heterocycles. The van der Waals surface area contributed by atoms with Crippen LogP contribution in [0.1, 0.15) is 25.8 Å². The summed E-state index contributed by atoms with van der Waals surface area (Å²) in [6.45, 7) is 4.24. The zero-order valence-electron chi connectivity index (χ0n) is 10.5. The van der Waals surface area contributed by atoms with Crippen molar-refractivity contribution < 1.29 is 0 Å². The normalized spacial score (nSPS) is 14.4. The molecule has 88 valence electrons. The third kappa shape index (κ3) is 3.38. The smallest absolute Gasteiger partial charge is 0.0505 e. The molecular formula is C14H22N2. The van der Waals surface area contributed by atoms with E-state index in [4.69, 9.17) is 5.73 Å². The van der Waals surface area contributed by atoms with Crippen LogP contribution in [0.2, 0.25) is 0 Å². The lowest BCUT2D eigenvalue weighted by Crippen LogP contribution is -2.34. The van der Waals surface area contributed by atoms with Crippen molar-refractivity contribution in [2.75, 3.05) is 7.05 Å². The minimum atomic E-state index is 0.238. The molecule has 0 amide bonds. The predicted octanol–water partition coefficient (Wildman–Crippen LogP) is 2.46. The SMILES string of the molecule is CC/C(C)=C(\N)C(Cc1ccccc1)NC. The minimum absolute atomic E-state index is 0.238. The average Bonchev–Trinajstić information content (AvgIpc) is 2.35. The summed E-state index contributed by atoms with van der Waals surface area (Å²) in [7, 11) is 1.96. The molecular weight excluding hydrogens is 196 g/mol. The van der Waals surface area contributed by atoms with Gasteiger partial charge in [0.15, 0.2) is 0 Å². The number of hydrogen-bond donors (Lipinski definition) is 2. The van der Waals surface area contributed by atoms with Gasteiger partial charge < -0.3 is 11.1 Å². The number of benzene rings is 1. The molecule has 0 aliphatic carbocycles. The van der Waals surface area contributed by atoms with Gasteiger partial charge in [-0.25, -0.2) is 0 Å². The number of rotatable bonds is 5. The molecule has 1 unspecified atom stereocenters. The van der Waals surface area contributed by atoms with Gasteiger partial charge in [0.05, 0.1) is 6.04 Å². The fourth-order valence-electron chi connectivity index (χ4n) is 1.72. The highest BCUT2D eigenvalue weighted by Crippen LogP contribution is 2.11. The zero-order chi connectivity index (χ0) is 12.0. The lowest BCUT2D eigenvalue weighted by Gasteiger charge is -2.19. The van der Waals surface area contributed by atoms with Crippen LogP contribution in [-0.4, -0.2) is 13.1 Å². The lowest BCUT2D eigenvalue weighted by molar-refractivity contribution is 0.617. The number of nitrogens with one attached hydrogen (secondary N) is 1. The molecule has 3 N–H and O–H groups in total. The van der Waals surface area contributed by atoms with Gasteiger partial charge in [-0.1, -0.05) is 42.8 Å². The van der Waals surface area contributed by atoms with Crippen LogP contribution in [-0.2, 0) is 6.42 Å². The van der Waals surface area contributed by atoms with Crippen LogP contribution >= 0.6 is 0 Å². The molecule has 1 aromatic rings. The highest BCUT2D eigenvalue weighted by atomic mass is 14.9. The van der Waals surface area contributed by atoms with Gasteiger partial charge in [0.1, 0.15) is 0 Å². The second kappa shape index (κ2) is 6.33. The van der Waals surface area contributed by atoms with Gasteiger partial charge in [0, 0.05) is 5.70 Å². The Hall–Kier alpha value is -1.28. The third-order valence-corrected chi connectivity index (χ3v) is 3.03. The van der Waals surface area contributed by atoms with Crippen LogP contribution < -0.4 is 11.1 Å². The Morgan fingerprint density at radius 1 is 1.31 bits per heavy atom. The largest absolute Gasteiger partial charge is 0.401 e. The zero-order valence-corrected chi connectivity index (χ0v) is 10.5. The maximum absolute atomic E-state index is 6.15. The summed E-state index contributed by atoms with van der Waals surface area (Å²) in [6.07, 6.45) is 1.96. The molecule has 0 aliphatic rings. The number of hydrogen-bond acceptors (Lipinski definition) is 2. The molecule has 0 aromatic heterocycles. The van der Waals surface area contributed by atoms with Crippen molar-refractivity contribution in [3.63, 3.8) is 0 Å². The van der Waals surface area contributed by atoms with E-state index in [2.05, 4.69) is 43.4 Å². The fraction of sp³-hybridized carbons (Fsp3) is 0.429. The van der Waals surface area contributed by atoms with E-state index in [1.807, 2.05) is 13.1 Å². The van der Waals surface area contributed by atoms with Crippen LogP contribution in [0.3, 0.4) is 0 Å². The number of nitrogens with two attached hydrogens (primary N) is 1. The molecule has 1 rings (SSSR count). The first-order chi connectivity index (χ1) is 7.69. The van der Waals surface area contributed by atoms with Gasteiger partial charge in [0.2, 0.25) is 0 Å². The molecule has 1 atom stereocenters. The van der Waals surface area contributed by atoms with E-state index in [9.17, 15) is 0 Å². The minimum Gasteiger partial charge on any atom is -0.401 e. The predicted molar refractivity (Wildman–Crippen MR) is 70.2 cm³/mol. The van der Waals surface area contributed by atoms with Crippen molar-refractivity contribution in [1.29, 1.82) is 0 Å². The van der Waals surface area contributed by atoms with Gasteiger partial charge >= 0.3 is 0 Å². The van der Waals surface area contributed by atoms with Crippen molar-refractivity contribution in [2.24, 2.45) is 5.73 Å². The molecule has 2 heteroatoms. The molecule has 2 nitrogen and oxygen atoms in total. The fourth-order valence-corrected chi connectivity index (χ4v) is 1.72. The molecule has 0 radical (unpaired) electrons. The Morgan fingerprint density at radius 2 is 1.94 bits per heavy atom. The van der Waals surface area contributed by atoms with Crippen LogP contribution in [0.5, 0.6) is 0 Å². The molecule has 0 saturated carbocycles. The molecule has 1 aromatic carbocycles. The monoisotopic (exact) mass is 218 g/mol. The number of likely N-dealkylation sites (N-methyl/N-ethyl adjacent to an activating group) is 1. The molecule has 0 bridgehead atoms. The Morgan fingerprint density at radius 3 is 2.44 bits per heavy atom. The molecule has 0 heterocycles. The van der Waals surface area contributed by atoms with Gasteiger partial charge in [0.25, 0.3) is 0 Å². The van der Waals surface area contributed by atoms with Crippen LogP contribution in [0.15, 0.2) is 41.6 Å². The second-order valence-corrected chi connectivity index (χ2v) is 4.12. The molecule has 0 saturated heterocycles. The standard InChI is InChI=1S/C14H22N2/c1-4-11(2)14(15)13(16-3)10-12-8-6-5-7-9-12/h5-9,13,16H,4,10,15H2,1-3H3/b14-11-. The van der Waals surface area contributed by atoms with E-state index in [0.29, 0.717) is 0 Å². The van der Waals surface area contributed by atoms with Crippen molar-refractivity contribution in [2.45, 2.75) is 32.7 Å². The van der Waals surface area contributed by atoms with Gasteiger partial charge in [-0.15, -0.1) is 0 Å². The summed E-state index contributed by atoms with van der Waals surface area (Å²) >= 11 is 0. The molecule has 0 fully saturated rings. The third-order valence-electron chi connectivity index (χ3n) is 3.03. The molecule has 16 heavy (non-hydrogen) atoms. The Bertz CT molecular complexity index is 341. The second-order valence-electron chi connectivity index (χ2n) is 4.12. The first-order valence-corrected chi connectivity index (χ1v) is 5.85. The summed E-state index contributed by atoms with van der Waals surface area (Å²) in [6, 6.07) is 10.7. The summed E-state index contributed by atoms with van der Waals surface area (Å²) < 4.78 is 0. The van der Waals surface area contributed by atoms with Crippen molar-refractivity contribution in [1.82, 2.24) is 5.32 Å². The lowest BCUT2D eigenvalue weighted by atomic mass is 10.00. The van der Waals surface area contributed by atoms with Crippen LogP contribution in [0.4, 0.5) is 0 Å². The summed E-state index contributed by atoms with van der Waals surface area (Å²) in [5.74, 6) is 0. The maximum atomic E-state index is 6.15. The summed E-state index contributed by atoms with van der Waals surface area (Å²) in [4.78, 5) is 0. The Labute approximate surface area is 98.6 Å². The van der Waals surface area contributed by atoms with Gasteiger partial charge in [-0.3, -0.25) is 0 Å². The van der Waals surface area contributed by atoms with E-state index in [0.717, 1.165) is 18.5 Å². The topological polar surface area (TPSA) is 38.0 Å². The first-order valence-electron chi connectivity index (χ1n) is 5.85. The van der Waals surface area contributed by atoms with Gasteiger partial charge in [-0.05, 0) is 32.4 Å². The van der Waals surface area contributed by atoms with Crippen molar-refractivity contribution in [3.8, 4) is 0 Å². The van der Waals surface area contributed by atoms with Crippen molar-refractivity contribution >= 4 is 0 Å². The highest BCUT2D eigenvalue weighted by Gasteiger charge is 2.11. The van der Waals surface area contributed by atoms with Crippen molar-refractivity contribution in [3.05, 3.63) is 47.2 Å². The van der Waals surface area contributed by atoms with E-state index < -0.39 is 0 Å². The van der Waals surface area contributed by atoms with E-state index in [1.54, 1.807) is 0 Å². The van der Waals surface area contributed by atoms with E-state index >= 15 is 0 Å². The number of allylic oxidation sites excluding steroid dienone is 1. The summed E-state index contributed by atoms with van der Waals surface area (Å²) in [5, 5.41) is 3.28. The van der Waals surface area contributed by atoms with Gasteiger partial charge in [-0.2, -0.15) is 0 Å². The first kappa shape index (κ1) is 12.8. The Balaban J connectivity index is 2.77. The maximum Gasteiger partial charge on any atom is 0.0505 e. The van der Waals surface area contributed by atoms with E-state index in [1.165, 1.54) is 11.1 Å². The quantitative estimate of drug-likeness (QED) is 0.796. The molecule has 0 spiro atoms. The average molecular weight is 218 g/mol. The van der Waals surface area contributed by atoms with Crippen LogP contribution in [0.25, 0.3) is 0 Å². The highest BCUT2D eigenvalue weighted by molar-refractivity contribution is 5.22. The summed E-state index contributed by atoms with van der Waals surface area (Å²) in [5.41, 5.74) is 9.71.